The van der Waals surface area contributed by atoms with Crippen LogP contribution >= 0.6 is 0 Å². The summed E-state index contributed by atoms with van der Waals surface area (Å²) in [5, 5.41) is 31.2. The predicted octanol–water partition coefficient (Wildman–Crippen LogP) is 1.82. The average Bonchev–Trinajstić information content (AvgIpc) is 2.74. The first-order valence-electron chi connectivity index (χ1n) is 7.24. The largest absolute Gasteiger partial charge is 4.00 e. The van der Waals surface area contributed by atoms with E-state index >= 15 is 0 Å². The van der Waals surface area contributed by atoms with Crippen molar-refractivity contribution in [3.05, 3.63) is 42.5 Å². The molecule has 0 saturated heterocycles. The van der Waals surface area contributed by atoms with Crippen molar-refractivity contribution < 1.29 is 41.5 Å². The van der Waals surface area contributed by atoms with Gasteiger partial charge in [-0.25, -0.2) is 0 Å². The molecule has 0 unspecified atom stereocenters. The second-order valence-electron chi connectivity index (χ2n) is 5.30. The standard InChI is InChI=1S/C9H7.3C3H7O.Zr/c1-2-5-9-7-3-6-8(9)4-1;3*1-3(2)4;/h1-7H;3*3H,1-2H3;/q4*-1;+4. The molecular weight excluding hydrogens is 355 g/mol. The first-order chi connectivity index (χ1) is 9.66. The van der Waals surface area contributed by atoms with E-state index in [9.17, 15) is 15.3 Å². The van der Waals surface area contributed by atoms with Gasteiger partial charge >= 0.3 is 26.2 Å². The van der Waals surface area contributed by atoms with Crippen LogP contribution in [0.4, 0.5) is 0 Å². The molecule has 2 aromatic carbocycles. The van der Waals surface area contributed by atoms with Crippen molar-refractivity contribution in [2.45, 2.75) is 59.9 Å². The van der Waals surface area contributed by atoms with Crippen molar-refractivity contribution >= 4 is 10.8 Å². The van der Waals surface area contributed by atoms with Crippen molar-refractivity contribution in [3.63, 3.8) is 0 Å². The third-order valence-corrected chi connectivity index (χ3v) is 1.55. The van der Waals surface area contributed by atoms with Gasteiger partial charge in [-0.15, -0.1) is 48.0 Å². The summed E-state index contributed by atoms with van der Waals surface area (Å²) in [5.41, 5.74) is 0. The average molecular weight is 384 g/mol. The minimum atomic E-state index is -0.417. The number of benzene rings is 1. The fraction of sp³-hybridized carbons (Fsp3) is 0.500. The van der Waals surface area contributed by atoms with E-state index in [0.29, 0.717) is 0 Å². The van der Waals surface area contributed by atoms with Gasteiger partial charge in [0.2, 0.25) is 0 Å². The molecule has 0 aromatic heterocycles. The van der Waals surface area contributed by atoms with Crippen LogP contribution in [0.15, 0.2) is 42.5 Å². The molecule has 0 aliphatic carbocycles. The third kappa shape index (κ3) is 24.6. The first kappa shape index (κ1) is 26.5. The van der Waals surface area contributed by atoms with Gasteiger partial charge in [-0.3, -0.25) is 0 Å². The van der Waals surface area contributed by atoms with Crippen LogP contribution in [0.1, 0.15) is 41.5 Å². The molecular formula is C18H28O3Zr. The maximum atomic E-state index is 9.53. The predicted molar refractivity (Wildman–Crippen MR) is 84.9 cm³/mol. The van der Waals surface area contributed by atoms with Crippen molar-refractivity contribution in [3.8, 4) is 0 Å². The summed E-state index contributed by atoms with van der Waals surface area (Å²) < 4.78 is 0. The molecule has 0 bridgehead atoms. The number of fused-ring (bicyclic) bond motifs is 1. The summed E-state index contributed by atoms with van der Waals surface area (Å²) >= 11 is 0. The summed E-state index contributed by atoms with van der Waals surface area (Å²) in [6, 6.07) is 14.7. The van der Waals surface area contributed by atoms with E-state index in [1.807, 2.05) is 0 Å². The molecule has 0 aliphatic heterocycles. The molecule has 0 atom stereocenters. The fourth-order valence-electron chi connectivity index (χ4n) is 1.07. The molecule has 0 N–H and O–H groups in total. The molecule has 4 heteroatoms. The third-order valence-electron chi connectivity index (χ3n) is 1.55. The molecule has 3 nitrogen and oxygen atoms in total. The Bertz CT molecular complexity index is 384. The Morgan fingerprint density at radius 3 is 1.45 bits per heavy atom. The van der Waals surface area contributed by atoms with Gasteiger partial charge in [0.05, 0.1) is 0 Å². The second-order valence-corrected chi connectivity index (χ2v) is 5.30. The molecule has 0 spiro atoms. The summed E-state index contributed by atoms with van der Waals surface area (Å²) in [7, 11) is 0. The van der Waals surface area contributed by atoms with Crippen LogP contribution in [0, 0.1) is 0 Å². The molecule has 0 amide bonds. The summed E-state index contributed by atoms with van der Waals surface area (Å²) in [4.78, 5) is 0. The quantitative estimate of drug-likeness (QED) is 0.652. The molecule has 0 radical (unpaired) electrons. The Balaban J connectivity index is -0.000000241. The number of rotatable bonds is 0. The minimum absolute atomic E-state index is 0. The SMILES string of the molecule is CC(C)[O-].CC(C)[O-].CC(C)[O-].[Zr+4].c1ccc2[cH-]ccc2c1. The Hall–Kier alpha value is -0.407. The monoisotopic (exact) mass is 382 g/mol. The molecule has 122 valence electrons. The first-order valence-corrected chi connectivity index (χ1v) is 7.24. The van der Waals surface area contributed by atoms with Gasteiger partial charge in [0.25, 0.3) is 0 Å². The maximum absolute atomic E-state index is 9.53. The van der Waals surface area contributed by atoms with E-state index < -0.39 is 18.3 Å². The van der Waals surface area contributed by atoms with Crippen LogP contribution in [0.5, 0.6) is 0 Å². The maximum Gasteiger partial charge on any atom is 4.00 e. The normalized spacial score (nSPS) is 9.09. The number of hydrogen-bond acceptors (Lipinski definition) is 3. The summed E-state index contributed by atoms with van der Waals surface area (Å²) in [5.74, 6) is 0. The van der Waals surface area contributed by atoms with Crippen LogP contribution in [-0.2, 0) is 26.2 Å². The fourth-order valence-corrected chi connectivity index (χ4v) is 1.07. The van der Waals surface area contributed by atoms with E-state index in [-0.39, 0.29) is 26.2 Å². The van der Waals surface area contributed by atoms with Crippen LogP contribution < -0.4 is 15.3 Å². The molecule has 22 heavy (non-hydrogen) atoms. The molecule has 0 heterocycles. The van der Waals surface area contributed by atoms with E-state index in [1.165, 1.54) is 10.8 Å². The Labute approximate surface area is 154 Å². The van der Waals surface area contributed by atoms with Crippen LogP contribution in [0.2, 0.25) is 0 Å². The van der Waals surface area contributed by atoms with Crippen LogP contribution in [0.3, 0.4) is 0 Å². The van der Waals surface area contributed by atoms with Gasteiger partial charge in [-0.05, 0) is 0 Å². The van der Waals surface area contributed by atoms with E-state index in [4.69, 9.17) is 0 Å². The van der Waals surface area contributed by atoms with Gasteiger partial charge in [0, 0.05) is 0 Å². The van der Waals surface area contributed by atoms with E-state index in [2.05, 4.69) is 42.5 Å². The van der Waals surface area contributed by atoms with Crippen molar-refractivity contribution in [1.82, 2.24) is 0 Å². The van der Waals surface area contributed by atoms with Gasteiger partial charge in [0.1, 0.15) is 0 Å². The molecule has 0 saturated carbocycles. The zero-order valence-electron chi connectivity index (χ0n) is 14.5. The topological polar surface area (TPSA) is 69.2 Å². The summed E-state index contributed by atoms with van der Waals surface area (Å²) in [6.45, 7) is 9.67. The van der Waals surface area contributed by atoms with Crippen LogP contribution in [-0.4, -0.2) is 18.3 Å². The number of hydrogen-bond donors (Lipinski definition) is 0. The smallest absolute Gasteiger partial charge is 0.852 e. The zero-order valence-corrected chi connectivity index (χ0v) is 17.0. The Morgan fingerprint density at radius 2 is 1.09 bits per heavy atom. The van der Waals surface area contributed by atoms with Crippen molar-refractivity contribution in [2.24, 2.45) is 0 Å². The van der Waals surface area contributed by atoms with Crippen molar-refractivity contribution in [2.75, 3.05) is 0 Å². The van der Waals surface area contributed by atoms with Gasteiger partial charge in [0.15, 0.2) is 0 Å². The Morgan fingerprint density at radius 1 is 0.727 bits per heavy atom. The molecule has 0 aliphatic rings. The minimum Gasteiger partial charge on any atom is -0.852 e. The molecule has 0 fully saturated rings. The zero-order chi connectivity index (χ0) is 16.8. The van der Waals surface area contributed by atoms with Gasteiger partial charge < -0.3 is 15.3 Å². The van der Waals surface area contributed by atoms with Gasteiger partial charge in [-0.1, -0.05) is 47.6 Å². The molecule has 2 aromatic rings. The second kappa shape index (κ2) is 17.0. The van der Waals surface area contributed by atoms with E-state index in [1.54, 1.807) is 41.5 Å². The summed E-state index contributed by atoms with van der Waals surface area (Å²) in [6.07, 6.45) is -1.25. The molecule has 2 rings (SSSR count). The van der Waals surface area contributed by atoms with Crippen molar-refractivity contribution in [1.29, 1.82) is 0 Å². The van der Waals surface area contributed by atoms with Gasteiger partial charge in [-0.2, -0.15) is 17.5 Å². The van der Waals surface area contributed by atoms with Crippen LogP contribution in [0.25, 0.3) is 10.8 Å². The Kier molecular flexibility index (Phi) is 20.4. The van der Waals surface area contributed by atoms with E-state index in [0.717, 1.165) is 0 Å².